The van der Waals surface area contributed by atoms with Gasteiger partial charge in [-0.3, -0.25) is 10.1 Å². The monoisotopic (exact) mass is 209 g/mol. The molecule has 2 N–H and O–H groups in total. The molecule has 15 heavy (non-hydrogen) atoms. The number of rotatable bonds is 4. The van der Waals surface area contributed by atoms with Gasteiger partial charge in [-0.25, -0.2) is 4.99 Å². The van der Waals surface area contributed by atoms with Crippen molar-refractivity contribution in [3.8, 4) is 0 Å². The Kier molecular flexibility index (Phi) is 2.67. The van der Waals surface area contributed by atoms with E-state index >= 15 is 0 Å². The average Bonchev–Trinajstić information content (AvgIpc) is 2.95. The first-order valence-electron chi connectivity index (χ1n) is 5.87. The molecule has 2 aliphatic rings. The molecule has 0 radical (unpaired) electrons. The lowest BCUT2D eigenvalue weighted by atomic mass is 9.91. The molecule has 1 aliphatic carbocycles. The lowest BCUT2D eigenvalue weighted by Crippen LogP contribution is -2.46. The van der Waals surface area contributed by atoms with E-state index in [-0.39, 0.29) is 5.91 Å². The van der Waals surface area contributed by atoms with E-state index < -0.39 is 5.54 Å². The molecule has 0 aromatic carbocycles. The summed E-state index contributed by atoms with van der Waals surface area (Å²) >= 11 is 0. The van der Waals surface area contributed by atoms with Crippen LogP contribution in [0.3, 0.4) is 0 Å². The first kappa shape index (κ1) is 10.5. The van der Waals surface area contributed by atoms with Crippen LogP contribution in [0.2, 0.25) is 0 Å². The van der Waals surface area contributed by atoms with Crippen LogP contribution in [-0.2, 0) is 4.79 Å². The molecule has 2 rings (SSSR count). The fourth-order valence-corrected chi connectivity index (χ4v) is 2.02. The standard InChI is InChI=1S/C11H19N3O/c1-3-7-11(4-2)9(15)13-10(14-11)12-8-5-6-8/h8H,3-7H2,1-2H3,(H2,12,13,14,15). The third-order valence-corrected chi connectivity index (χ3v) is 3.16. The minimum Gasteiger partial charge on any atom is -0.342 e. The Hall–Kier alpha value is -1.06. The average molecular weight is 209 g/mol. The van der Waals surface area contributed by atoms with E-state index in [1.165, 1.54) is 0 Å². The van der Waals surface area contributed by atoms with E-state index in [4.69, 9.17) is 0 Å². The molecule has 0 aromatic rings. The molecule has 84 valence electrons. The van der Waals surface area contributed by atoms with Crippen LogP contribution >= 0.6 is 0 Å². The highest BCUT2D eigenvalue weighted by Crippen LogP contribution is 2.26. The van der Waals surface area contributed by atoms with Gasteiger partial charge in [0.2, 0.25) is 0 Å². The molecular weight excluding hydrogens is 190 g/mol. The number of nitrogens with one attached hydrogen (secondary N) is 2. The largest absolute Gasteiger partial charge is 0.342 e. The van der Waals surface area contributed by atoms with E-state index in [2.05, 4.69) is 22.5 Å². The van der Waals surface area contributed by atoms with Crippen LogP contribution in [0.5, 0.6) is 0 Å². The summed E-state index contributed by atoms with van der Waals surface area (Å²) in [4.78, 5) is 16.3. The molecule has 1 aliphatic heterocycles. The summed E-state index contributed by atoms with van der Waals surface area (Å²) in [5.74, 6) is 0.782. The number of nitrogens with zero attached hydrogens (tertiary/aromatic N) is 1. The van der Waals surface area contributed by atoms with Crippen molar-refractivity contribution in [2.24, 2.45) is 4.99 Å². The Labute approximate surface area is 90.5 Å². The minimum absolute atomic E-state index is 0.0891. The van der Waals surface area contributed by atoms with E-state index in [9.17, 15) is 4.79 Å². The molecule has 1 atom stereocenters. The first-order valence-corrected chi connectivity index (χ1v) is 5.87. The van der Waals surface area contributed by atoms with Crippen LogP contribution in [0.4, 0.5) is 0 Å². The van der Waals surface area contributed by atoms with Gasteiger partial charge in [0.1, 0.15) is 5.54 Å². The molecule has 0 aromatic heterocycles. The summed E-state index contributed by atoms with van der Waals surface area (Å²) in [6.45, 7) is 4.14. The van der Waals surface area contributed by atoms with Gasteiger partial charge >= 0.3 is 0 Å². The Bertz CT molecular complexity index is 296. The zero-order chi connectivity index (χ0) is 10.9. The second-order valence-corrected chi connectivity index (χ2v) is 4.47. The summed E-state index contributed by atoms with van der Waals surface area (Å²) in [5.41, 5.74) is -0.400. The number of guanidine groups is 1. The summed E-state index contributed by atoms with van der Waals surface area (Å²) in [5, 5.41) is 6.12. The first-order chi connectivity index (χ1) is 7.20. The second-order valence-electron chi connectivity index (χ2n) is 4.47. The van der Waals surface area contributed by atoms with E-state index in [1.807, 2.05) is 6.92 Å². The van der Waals surface area contributed by atoms with Crippen LogP contribution in [0, 0.1) is 0 Å². The van der Waals surface area contributed by atoms with Gasteiger partial charge in [-0.2, -0.15) is 0 Å². The van der Waals surface area contributed by atoms with Crippen LogP contribution in [0.1, 0.15) is 46.0 Å². The third-order valence-electron chi connectivity index (χ3n) is 3.16. The van der Waals surface area contributed by atoms with Crippen LogP contribution in [0.25, 0.3) is 0 Å². The van der Waals surface area contributed by atoms with Crippen molar-refractivity contribution < 1.29 is 4.79 Å². The molecule has 4 heteroatoms. The maximum absolute atomic E-state index is 11.9. The Morgan fingerprint density at radius 2 is 2.20 bits per heavy atom. The van der Waals surface area contributed by atoms with Gasteiger partial charge in [-0.15, -0.1) is 0 Å². The van der Waals surface area contributed by atoms with Crippen molar-refractivity contribution in [1.82, 2.24) is 10.6 Å². The molecule has 0 spiro atoms. The zero-order valence-corrected chi connectivity index (χ0v) is 9.47. The molecule has 1 heterocycles. The van der Waals surface area contributed by atoms with Crippen molar-refractivity contribution in [2.75, 3.05) is 0 Å². The van der Waals surface area contributed by atoms with E-state index in [1.54, 1.807) is 0 Å². The van der Waals surface area contributed by atoms with Crippen LogP contribution in [-0.4, -0.2) is 23.4 Å². The second kappa shape index (κ2) is 3.83. The van der Waals surface area contributed by atoms with Crippen molar-refractivity contribution in [3.05, 3.63) is 0 Å². The number of hydrogen-bond acceptors (Lipinski definition) is 2. The lowest BCUT2D eigenvalue weighted by Gasteiger charge is -2.23. The van der Waals surface area contributed by atoms with Gasteiger partial charge in [-0.05, 0) is 25.7 Å². The normalized spacial score (nSPS) is 32.9. The molecule has 1 unspecified atom stereocenters. The maximum atomic E-state index is 11.9. The lowest BCUT2D eigenvalue weighted by molar-refractivity contribution is -0.124. The minimum atomic E-state index is -0.400. The van der Waals surface area contributed by atoms with Gasteiger partial charge in [0.25, 0.3) is 5.91 Å². The molecule has 4 nitrogen and oxygen atoms in total. The highest BCUT2D eigenvalue weighted by atomic mass is 16.2. The number of hydrogen-bond donors (Lipinski definition) is 2. The zero-order valence-electron chi connectivity index (χ0n) is 9.47. The SMILES string of the molecule is CCCC1(CC)NC(=NC2CC2)NC1=O. The van der Waals surface area contributed by atoms with Gasteiger partial charge in [0.05, 0.1) is 6.04 Å². The number of aliphatic imine (C=N–C) groups is 1. The highest BCUT2D eigenvalue weighted by molar-refractivity contribution is 6.09. The quantitative estimate of drug-likeness (QED) is 0.730. The molecule has 1 saturated carbocycles. The van der Waals surface area contributed by atoms with E-state index in [0.29, 0.717) is 12.0 Å². The summed E-state index contributed by atoms with van der Waals surface area (Å²) in [7, 11) is 0. The number of carbonyl (C=O) groups excluding carboxylic acids is 1. The van der Waals surface area contributed by atoms with Crippen molar-refractivity contribution >= 4 is 11.9 Å². The Balaban J connectivity index is 2.09. The number of amides is 1. The Morgan fingerprint density at radius 1 is 1.47 bits per heavy atom. The van der Waals surface area contributed by atoms with Gasteiger partial charge in [-0.1, -0.05) is 20.3 Å². The molecular formula is C11H19N3O. The topological polar surface area (TPSA) is 53.5 Å². The van der Waals surface area contributed by atoms with Crippen molar-refractivity contribution in [2.45, 2.75) is 57.5 Å². The summed E-state index contributed by atoms with van der Waals surface area (Å²) < 4.78 is 0. The molecule has 1 amide bonds. The summed E-state index contributed by atoms with van der Waals surface area (Å²) in [6.07, 6.45) is 5.02. The molecule has 2 fully saturated rings. The fourth-order valence-electron chi connectivity index (χ4n) is 2.02. The van der Waals surface area contributed by atoms with Crippen LogP contribution in [0.15, 0.2) is 4.99 Å². The fraction of sp³-hybridized carbons (Fsp3) is 0.818. The van der Waals surface area contributed by atoms with Crippen molar-refractivity contribution in [3.63, 3.8) is 0 Å². The smallest absolute Gasteiger partial charge is 0.252 e. The molecule has 1 saturated heterocycles. The van der Waals surface area contributed by atoms with Gasteiger partial charge in [0, 0.05) is 0 Å². The van der Waals surface area contributed by atoms with E-state index in [0.717, 1.165) is 32.1 Å². The van der Waals surface area contributed by atoms with Crippen molar-refractivity contribution in [1.29, 1.82) is 0 Å². The predicted octanol–water partition coefficient (Wildman–Crippen LogP) is 1.17. The number of carbonyl (C=O) groups is 1. The van der Waals surface area contributed by atoms with Gasteiger partial charge < -0.3 is 5.32 Å². The maximum Gasteiger partial charge on any atom is 0.252 e. The molecule has 0 bridgehead atoms. The van der Waals surface area contributed by atoms with Gasteiger partial charge in [0.15, 0.2) is 5.96 Å². The van der Waals surface area contributed by atoms with Crippen LogP contribution < -0.4 is 10.6 Å². The summed E-state index contributed by atoms with van der Waals surface area (Å²) in [6, 6.07) is 0.446. The predicted molar refractivity (Wildman–Crippen MR) is 59.7 cm³/mol. The Morgan fingerprint density at radius 3 is 2.73 bits per heavy atom. The highest BCUT2D eigenvalue weighted by Gasteiger charge is 2.43. The third kappa shape index (κ3) is 1.98.